The molecule has 4 heterocycles. The maximum absolute atomic E-state index is 12.9. The topological polar surface area (TPSA) is 99.8 Å². The maximum Gasteiger partial charge on any atom is 0.261 e. The summed E-state index contributed by atoms with van der Waals surface area (Å²) in [6.07, 6.45) is -0.243. The summed E-state index contributed by atoms with van der Waals surface area (Å²) in [7, 11) is 0. The Morgan fingerprint density at radius 1 is 0.643 bits per heavy atom. The average molecular weight is 378 g/mol. The molecule has 2 atom stereocenters. The fourth-order valence-corrected chi connectivity index (χ4v) is 4.06. The molecule has 0 N–H and O–H groups in total. The van der Waals surface area contributed by atoms with Crippen LogP contribution >= 0.6 is 0 Å². The van der Waals surface area contributed by atoms with Crippen LogP contribution in [0.3, 0.4) is 0 Å². The predicted molar refractivity (Wildman–Crippen MR) is 94.2 cm³/mol. The monoisotopic (exact) mass is 378 g/mol. The molecule has 4 aliphatic heterocycles. The van der Waals surface area contributed by atoms with E-state index in [0.717, 1.165) is 0 Å². The zero-order chi connectivity index (χ0) is 19.2. The molecule has 2 aromatic carbocycles. The van der Waals surface area contributed by atoms with E-state index in [9.17, 15) is 19.2 Å². The normalized spacial score (nSPS) is 25.0. The highest BCUT2D eigenvalue weighted by molar-refractivity contribution is 6.33. The van der Waals surface area contributed by atoms with E-state index in [1.807, 2.05) is 0 Å². The molecule has 2 saturated heterocycles. The molecule has 0 aliphatic carbocycles. The molecule has 0 spiro atoms. The molecule has 140 valence electrons. The smallest absolute Gasteiger partial charge is 0.261 e. The van der Waals surface area contributed by atoms with Crippen molar-refractivity contribution in [3.05, 3.63) is 46.5 Å². The third-order valence-corrected chi connectivity index (χ3v) is 5.64. The molecule has 0 saturated carbocycles. The quantitative estimate of drug-likeness (QED) is 0.577. The van der Waals surface area contributed by atoms with Crippen LogP contribution in [0.1, 0.15) is 41.4 Å². The van der Waals surface area contributed by atoms with Gasteiger partial charge in [0, 0.05) is 33.0 Å². The molecular weight excluding hydrogens is 364 g/mol. The Morgan fingerprint density at radius 2 is 0.929 bits per heavy atom. The molecule has 4 amide bonds. The molecule has 2 aromatic rings. The lowest BCUT2D eigenvalue weighted by atomic mass is 9.86. The van der Waals surface area contributed by atoms with Gasteiger partial charge in [0.2, 0.25) is 0 Å². The molecule has 8 heteroatoms. The number of epoxide rings is 2. The Hall–Kier alpha value is -3.10. The number of carbonyl (C=O) groups is 4. The van der Waals surface area contributed by atoms with Gasteiger partial charge in [0.25, 0.3) is 23.6 Å². The first kappa shape index (κ1) is 15.9. The highest BCUT2D eigenvalue weighted by Gasteiger charge is 2.42. The van der Waals surface area contributed by atoms with Crippen LogP contribution in [-0.2, 0) is 9.47 Å². The maximum atomic E-state index is 12.9. The van der Waals surface area contributed by atoms with Gasteiger partial charge >= 0.3 is 0 Å². The fraction of sp³-hybridized carbons (Fsp3) is 0.300. The summed E-state index contributed by atoms with van der Waals surface area (Å²) < 4.78 is 10.3. The highest BCUT2D eigenvalue weighted by Crippen LogP contribution is 2.38. The largest absolute Gasteiger partial charge is 0.371 e. The van der Waals surface area contributed by atoms with Gasteiger partial charge in [-0.1, -0.05) is 0 Å². The van der Waals surface area contributed by atoms with Crippen molar-refractivity contribution in [3.8, 4) is 0 Å². The van der Waals surface area contributed by atoms with E-state index in [4.69, 9.17) is 9.47 Å². The van der Waals surface area contributed by atoms with E-state index in [1.165, 1.54) is 9.80 Å². The number of amides is 4. The number of imide groups is 2. The van der Waals surface area contributed by atoms with E-state index < -0.39 is 23.6 Å². The Balaban J connectivity index is 1.55. The molecule has 0 unspecified atom stereocenters. The molecule has 0 aromatic heterocycles. The van der Waals surface area contributed by atoms with Crippen LogP contribution < -0.4 is 0 Å². The summed E-state index contributed by atoms with van der Waals surface area (Å²) in [6, 6.07) is 6.28. The molecule has 0 radical (unpaired) electrons. The van der Waals surface area contributed by atoms with E-state index in [1.54, 1.807) is 24.3 Å². The Labute approximate surface area is 158 Å². The SMILES string of the molecule is O=C1c2ccc3c4c(ccc(c24)C(=O)N1C[C@H]1CO1)C(=O)N(C[C@H]1CO1)C3=O. The first-order chi connectivity index (χ1) is 13.5. The minimum atomic E-state index is -0.426. The van der Waals surface area contributed by atoms with Gasteiger partial charge < -0.3 is 9.47 Å². The lowest BCUT2D eigenvalue weighted by molar-refractivity contribution is 0.0578. The third-order valence-electron chi connectivity index (χ3n) is 5.64. The van der Waals surface area contributed by atoms with Gasteiger partial charge in [-0.2, -0.15) is 0 Å². The summed E-state index contributed by atoms with van der Waals surface area (Å²) >= 11 is 0. The first-order valence-electron chi connectivity index (χ1n) is 9.10. The summed E-state index contributed by atoms with van der Waals surface area (Å²) in [4.78, 5) is 54.1. The van der Waals surface area contributed by atoms with Gasteiger partial charge in [-0.15, -0.1) is 0 Å². The van der Waals surface area contributed by atoms with Crippen LogP contribution in [0.15, 0.2) is 24.3 Å². The minimum Gasteiger partial charge on any atom is -0.371 e. The zero-order valence-electron chi connectivity index (χ0n) is 14.6. The second-order valence-corrected chi connectivity index (χ2v) is 7.42. The number of hydrogen-bond acceptors (Lipinski definition) is 6. The lowest BCUT2D eigenvalue weighted by Gasteiger charge is -2.31. The Morgan fingerprint density at radius 3 is 1.18 bits per heavy atom. The summed E-state index contributed by atoms with van der Waals surface area (Å²) in [5.74, 6) is -1.70. The zero-order valence-corrected chi connectivity index (χ0v) is 14.6. The Kier molecular flexibility index (Phi) is 2.98. The van der Waals surface area contributed by atoms with Crippen molar-refractivity contribution < 1.29 is 28.7 Å². The van der Waals surface area contributed by atoms with Crippen LogP contribution in [0.4, 0.5) is 0 Å². The van der Waals surface area contributed by atoms with Crippen molar-refractivity contribution in [2.24, 2.45) is 0 Å². The molecule has 6 rings (SSSR count). The fourth-order valence-electron chi connectivity index (χ4n) is 4.06. The second kappa shape index (κ2) is 5.24. The molecule has 2 fully saturated rings. The van der Waals surface area contributed by atoms with Crippen LogP contribution in [0.25, 0.3) is 10.8 Å². The van der Waals surface area contributed by atoms with Crippen LogP contribution in [0.5, 0.6) is 0 Å². The van der Waals surface area contributed by atoms with E-state index >= 15 is 0 Å². The first-order valence-corrected chi connectivity index (χ1v) is 9.10. The number of carbonyl (C=O) groups excluding carboxylic acids is 4. The molecule has 4 aliphatic rings. The van der Waals surface area contributed by atoms with Gasteiger partial charge in [0.1, 0.15) is 0 Å². The number of ether oxygens (including phenoxy) is 2. The van der Waals surface area contributed by atoms with Gasteiger partial charge in [-0.05, 0) is 24.3 Å². The van der Waals surface area contributed by atoms with Crippen molar-refractivity contribution in [2.75, 3.05) is 26.3 Å². The van der Waals surface area contributed by atoms with Crippen molar-refractivity contribution >= 4 is 34.4 Å². The van der Waals surface area contributed by atoms with Gasteiger partial charge in [0.05, 0.1) is 38.5 Å². The van der Waals surface area contributed by atoms with Gasteiger partial charge in [-0.3, -0.25) is 29.0 Å². The van der Waals surface area contributed by atoms with Crippen molar-refractivity contribution in [1.82, 2.24) is 9.80 Å². The van der Waals surface area contributed by atoms with Crippen LogP contribution in [-0.4, -0.2) is 71.9 Å². The number of rotatable bonds is 4. The molecular formula is C20H14N2O6. The third kappa shape index (κ3) is 2.07. The predicted octanol–water partition coefficient (Wildman–Crippen LogP) is 0.829. The van der Waals surface area contributed by atoms with E-state index in [-0.39, 0.29) is 25.3 Å². The summed E-state index contributed by atoms with van der Waals surface area (Å²) in [6.45, 7) is 1.46. The van der Waals surface area contributed by atoms with Crippen LogP contribution in [0.2, 0.25) is 0 Å². The highest BCUT2D eigenvalue weighted by atomic mass is 16.6. The number of hydrogen-bond donors (Lipinski definition) is 0. The second-order valence-electron chi connectivity index (χ2n) is 7.42. The number of nitrogens with zero attached hydrogens (tertiary/aromatic N) is 2. The average Bonchev–Trinajstić information content (AvgIpc) is 3.60. The van der Waals surface area contributed by atoms with Crippen molar-refractivity contribution in [3.63, 3.8) is 0 Å². The number of benzene rings is 2. The van der Waals surface area contributed by atoms with E-state index in [2.05, 4.69) is 0 Å². The van der Waals surface area contributed by atoms with Gasteiger partial charge in [0.15, 0.2) is 0 Å². The molecule has 28 heavy (non-hydrogen) atoms. The minimum absolute atomic E-state index is 0.122. The van der Waals surface area contributed by atoms with Crippen molar-refractivity contribution in [2.45, 2.75) is 12.2 Å². The summed E-state index contributed by atoms with van der Waals surface area (Å²) in [5.41, 5.74) is 1.32. The Bertz CT molecular complexity index is 972. The standard InChI is InChI=1S/C20H14N2O6/c23-17-11-1-2-12-16-14(20(26)22(18(12)24)6-10-8-28-10)4-3-13(15(11)16)19(25)21(17)5-9-7-27-9/h1-4,9-10H,5-8H2/t9-,10-/m0/s1. The summed E-state index contributed by atoms with van der Waals surface area (Å²) in [5, 5.41) is 0.781. The molecule has 0 bridgehead atoms. The van der Waals surface area contributed by atoms with E-state index in [0.29, 0.717) is 46.2 Å². The van der Waals surface area contributed by atoms with Crippen molar-refractivity contribution in [1.29, 1.82) is 0 Å². The lowest BCUT2D eigenvalue weighted by Crippen LogP contribution is -2.45. The molecule has 8 nitrogen and oxygen atoms in total. The van der Waals surface area contributed by atoms with Gasteiger partial charge in [-0.25, -0.2) is 0 Å². The van der Waals surface area contributed by atoms with Crippen LogP contribution in [0, 0.1) is 0 Å².